The van der Waals surface area contributed by atoms with Crippen LogP contribution in [0.3, 0.4) is 0 Å². The first kappa shape index (κ1) is 23.3. The van der Waals surface area contributed by atoms with Crippen LogP contribution in [-0.2, 0) is 4.74 Å². The summed E-state index contributed by atoms with van der Waals surface area (Å²) in [5.74, 6) is 0.520. The van der Waals surface area contributed by atoms with E-state index in [1.807, 2.05) is 13.8 Å². The van der Waals surface area contributed by atoms with Crippen LogP contribution in [0.2, 0.25) is 0 Å². The van der Waals surface area contributed by atoms with Gasteiger partial charge in [0.05, 0.1) is 19.1 Å². The van der Waals surface area contributed by atoms with Gasteiger partial charge in [0.1, 0.15) is 5.75 Å². The fraction of sp³-hybridized carbons (Fsp3) is 0.591. The Hall–Kier alpha value is -2.82. The molecule has 0 bridgehead atoms. The number of ether oxygens (including phenoxy) is 2. The third kappa shape index (κ3) is 5.76. The van der Waals surface area contributed by atoms with Crippen LogP contribution in [0.25, 0.3) is 0 Å². The average Bonchev–Trinajstić information content (AvgIpc) is 3.29. The summed E-state index contributed by atoms with van der Waals surface area (Å²) in [6.07, 6.45) is -4.11. The molecule has 180 valence electrons. The van der Waals surface area contributed by atoms with Crippen LogP contribution in [0.5, 0.6) is 5.75 Å². The Balaban J connectivity index is 1.56. The van der Waals surface area contributed by atoms with Gasteiger partial charge in [-0.2, -0.15) is 0 Å². The summed E-state index contributed by atoms with van der Waals surface area (Å²) in [6.45, 7) is 6.82. The number of rotatable bonds is 4. The lowest BCUT2D eigenvalue weighted by molar-refractivity contribution is -0.274. The quantitative estimate of drug-likeness (QED) is 0.672. The molecule has 0 saturated carbocycles. The number of carbonyl (C=O) groups excluding carboxylic acids is 1. The fourth-order valence-corrected chi connectivity index (χ4v) is 4.22. The van der Waals surface area contributed by atoms with E-state index >= 15 is 0 Å². The first-order valence-electron chi connectivity index (χ1n) is 11.0. The van der Waals surface area contributed by atoms with Gasteiger partial charge in [-0.3, -0.25) is 0 Å². The highest BCUT2D eigenvalue weighted by Crippen LogP contribution is 2.37. The highest BCUT2D eigenvalue weighted by molar-refractivity contribution is 5.75. The number of likely N-dealkylation sites (tertiary alicyclic amines) is 1. The lowest BCUT2D eigenvalue weighted by Crippen LogP contribution is -2.52. The van der Waals surface area contributed by atoms with Crippen molar-refractivity contribution >= 4 is 6.03 Å². The van der Waals surface area contributed by atoms with Crippen molar-refractivity contribution in [2.75, 3.05) is 39.4 Å². The van der Waals surface area contributed by atoms with E-state index in [9.17, 15) is 18.0 Å². The summed E-state index contributed by atoms with van der Waals surface area (Å²) in [4.78, 5) is 16.7. The van der Waals surface area contributed by atoms with Crippen molar-refractivity contribution < 1.29 is 31.9 Å². The third-order valence-electron chi connectivity index (χ3n) is 5.89. The Morgan fingerprint density at radius 3 is 2.33 bits per heavy atom. The van der Waals surface area contributed by atoms with Gasteiger partial charge in [0.2, 0.25) is 11.8 Å². The Kier molecular flexibility index (Phi) is 6.78. The number of nitrogens with zero attached hydrogens (tertiary/aromatic N) is 4. The van der Waals surface area contributed by atoms with Crippen molar-refractivity contribution in [1.29, 1.82) is 0 Å². The molecule has 2 fully saturated rings. The van der Waals surface area contributed by atoms with Crippen molar-refractivity contribution in [3.8, 4) is 5.75 Å². The topological polar surface area (TPSA) is 80.9 Å². The molecule has 2 amide bonds. The largest absolute Gasteiger partial charge is 0.573 e. The van der Waals surface area contributed by atoms with Crippen LogP contribution >= 0.6 is 0 Å². The highest BCUT2D eigenvalue weighted by Gasteiger charge is 2.37. The average molecular weight is 468 g/mol. The van der Waals surface area contributed by atoms with E-state index in [0.29, 0.717) is 57.6 Å². The fourth-order valence-electron chi connectivity index (χ4n) is 4.22. The maximum atomic E-state index is 13.2. The summed E-state index contributed by atoms with van der Waals surface area (Å²) in [6, 6.07) is 5.72. The van der Waals surface area contributed by atoms with Gasteiger partial charge in [0.15, 0.2) is 0 Å². The lowest BCUT2D eigenvalue weighted by Gasteiger charge is -2.40. The first-order chi connectivity index (χ1) is 15.7. The number of hydrogen-bond donors (Lipinski definition) is 0. The summed E-state index contributed by atoms with van der Waals surface area (Å²) in [5, 5.41) is 8.34. The molecule has 0 aliphatic carbocycles. The monoisotopic (exact) mass is 468 g/mol. The maximum absolute atomic E-state index is 13.2. The number of aromatic nitrogens is 2. The highest BCUT2D eigenvalue weighted by atomic mass is 19.4. The molecule has 3 heterocycles. The molecule has 2 atom stereocenters. The number of hydrogen-bond acceptors (Lipinski definition) is 6. The summed E-state index contributed by atoms with van der Waals surface area (Å²) in [7, 11) is 0. The minimum absolute atomic E-state index is 0.0814. The second-order valence-electron chi connectivity index (χ2n) is 8.67. The van der Waals surface area contributed by atoms with Crippen molar-refractivity contribution in [3.63, 3.8) is 0 Å². The summed E-state index contributed by atoms with van der Waals surface area (Å²) in [5.41, 5.74) is 0.817. The number of morpholine rings is 1. The molecule has 0 spiro atoms. The molecule has 33 heavy (non-hydrogen) atoms. The number of carbonyl (C=O) groups is 1. The normalized spacial score (nSPS) is 22.0. The minimum Gasteiger partial charge on any atom is -0.425 e. The number of amides is 2. The van der Waals surface area contributed by atoms with E-state index in [4.69, 9.17) is 9.15 Å². The van der Waals surface area contributed by atoms with Crippen molar-refractivity contribution in [2.45, 2.75) is 44.4 Å². The van der Waals surface area contributed by atoms with E-state index in [-0.39, 0.29) is 29.5 Å². The van der Waals surface area contributed by atoms with E-state index in [0.717, 1.165) is 5.56 Å². The number of piperidine rings is 1. The second-order valence-corrected chi connectivity index (χ2v) is 8.67. The molecular formula is C22H27F3N4O4. The standard InChI is InChI=1S/C22H27F3N4O4/c1-14(2)19-26-27-20(32-19)17-11-16(15-3-5-18(6-4-15)33-22(23,24)25)12-29(13-17)21(30)28-7-9-31-10-8-28/h3-6,14,16-17H,7-13H2,1-2H3. The number of alkyl halides is 3. The molecular weight excluding hydrogens is 441 g/mol. The summed E-state index contributed by atoms with van der Waals surface area (Å²) >= 11 is 0. The van der Waals surface area contributed by atoms with Gasteiger partial charge in [-0.1, -0.05) is 26.0 Å². The van der Waals surface area contributed by atoms with E-state index in [2.05, 4.69) is 14.9 Å². The Labute approximate surface area is 189 Å². The Morgan fingerprint density at radius 1 is 1.06 bits per heavy atom. The van der Waals surface area contributed by atoms with E-state index < -0.39 is 6.36 Å². The molecule has 8 nitrogen and oxygen atoms in total. The lowest BCUT2D eigenvalue weighted by atomic mass is 9.84. The van der Waals surface area contributed by atoms with Crippen molar-refractivity contribution in [2.24, 2.45) is 0 Å². The Bertz CT molecular complexity index is 942. The predicted molar refractivity (Wildman–Crippen MR) is 111 cm³/mol. The van der Waals surface area contributed by atoms with Crippen molar-refractivity contribution in [3.05, 3.63) is 41.6 Å². The molecule has 4 rings (SSSR count). The zero-order valence-electron chi connectivity index (χ0n) is 18.5. The zero-order valence-corrected chi connectivity index (χ0v) is 18.5. The van der Waals surface area contributed by atoms with Gasteiger partial charge in [-0.25, -0.2) is 4.79 Å². The number of halogens is 3. The molecule has 2 aliphatic heterocycles. The van der Waals surface area contributed by atoms with Gasteiger partial charge in [0.25, 0.3) is 0 Å². The zero-order chi connectivity index (χ0) is 23.6. The molecule has 11 heteroatoms. The molecule has 0 N–H and O–H groups in total. The van der Waals surface area contributed by atoms with Crippen LogP contribution in [0.1, 0.15) is 55.4 Å². The van der Waals surface area contributed by atoms with E-state index in [1.165, 1.54) is 12.1 Å². The molecule has 2 unspecified atom stereocenters. The van der Waals surface area contributed by atoms with Gasteiger partial charge in [-0.05, 0) is 24.1 Å². The number of benzene rings is 1. The maximum Gasteiger partial charge on any atom is 0.573 e. The van der Waals surface area contributed by atoms with Crippen LogP contribution in [0.15, 0.2) is 28.7 Å². The predicted octanol–water partition coefficient (Wildman–Crippen LogP) is 4.12. The van der Waals surface area contributed by atoms with Crippen molar-refractivity contribution in [1.82, 2.24) is 20.0 Å². The van der Waals surface area contributed by atoms with Gasteiger partial charge in [0, 0.05) is 38.0 Å². The van der Waals surface area contributed by atoms with Crippen LogP contribution in [-0.4, -0.2) is 71.8 Å². The first-order valence-corrected chi connectivity index (χ1v) is 11.0. The Morgan fingerprint density at radius 2 is 1.73 bits per heavy atom. The molecule has 1 aromatic carbocycles. The van der Waals surface area contributed by atoms with Gasteiger partial charge in [-0.15, -0.1) is 23.4 Å². The third-order valence-corrected chi connectivity index (χ3v) is 5.89. The smallest absolute Gasteiger partial charge is 0.425 e. The van der Waals surface area contributed by atoms with Gasteiger partial charge < -0.3 is 23.7 Å². The second kappa shape index (κ2) is 9.58. The molecule has 2 saturated heterocycles. The van der Waals surface area contributed by atoms with Crippen LogP contribution in [0.4, 0.5) is 18.0 Å². The minimum atomic E-state index is -4.75. The van der Waals surface area contributed by atoms with Crippen LogP contribution in [0, 0.1) is 0 Å². The number of urea groups is 1. The summed E-state index contributed by atoms with van der Waals surface area (Å²) < 4.78 is 52.7. The molecule has 2 aliphatic rings. The molecule has 0 radical (unpaired) electrons. The SMILES string of the molecule is CC(C)c1nnc(C2CC(c3ccc(OC(F)(F)F)cc3)CN(C(=O)N3CCOCC3)C2)o1. The van der Waals surface area contributed by atoms with E-state index in [1.54, 1.807) is 21.9 Å². The van der Waals surface area contributed by atoms with Crippen LogP contribution < -0.4 is 4.74 Å². The molecule has 2 aromatic rings. The van der Waals surface area contributed by atoms with Gasteiger partial charge >= 0.3 is 12.4 Å². The molecule has 1 aromatic heterocycles.